The minimum absolute atomic E-state index is 0.0852. The van der Waals surface area contributed by atoms with Gasteiger partial charge in [-0.25, -0.2) is 8.42 Å². The van der Waals surface area contributed by atoms with Crippen LogP contribution in [0, 0.1) is 5.92 Å². The first-order valence-corrected chi connectivity index (χ1v) is 12.1. The second-order valence-electron chi connectivity index (χ2n) is 7.93. The maximum Gasteiger partial charge on any atom is 0.309 e. The molecular formula is C23H24N2O8S. The number of nitrogens with one attached hydrogen (secondary N) is 1. The number of benzene rings is 2. The number of carbonyl (C=O) groups is 3. The first-order chi connectivity index (χ1) is 16.3. The lowest BCUT2D eigenvalue weighted by Gasteiger charge is -2.30. The van der Waals surface area contributed by atoms with Gasteiger partial charge in [-0.1, -0.05) is 0 Å². The maximum atomic E-state index is 12.8. The van der Waals surface area contributed by atoms with Crippen LogP contribution in [0.2, 0.25) is 0 Å². The number of fused-ring (bicyclic) bond motifs is 1. The Bertz CT molecular complexity index is 1200. The molecule has 2 aromatic carbocycles. The summed E-state index contributed by atoms with van der Waals surface area (Å²) in [5, 5.41) is 2.62. The Morgan fingerprint density at radius 2 is 1.82 bits per heavy atom. The van der Waals surface area contributed by atoms with Crippen molar-refractivity contribution in [1.29, 1.82) is 0 Å². The average molecular weight is 489 g/mol. The normalized spacial score (nSPS) is 16.7. The van der Waals surface area contributed by atoms with Crippen molar-refractivity contribution in [3.8, 4) is 11.5 Å². The van der Waals surface area contributed by atoms with Crippen LogP contribution >= 0.6 is 0 Å². The van der Waals surface area contributed by atoms with Gasteiger partial charge in [-0.15, -0.1) is 0 Å². The highest BCUT2D eigenvalue weighted by Gasteiger charge is 2.33. The van der Waals surface area contributed by atoms with Crippen LogP contribution in [0.5, 0.6) is 11.5 Å². The summed E-state index contributed by atoms with van der Waals surface area (Å²) in [6.07, 6.45) is 0.593. The predicted octanol–water partition coefficient (Wildman–Crippen LogP) is 1.85. The number of ketones is 1. The molecule has 34 heavy (non-hydrogen) atoms. The van der Waals surface area contributed by atoms with Crippen molar-refractivity contribution in [3.05, 3.63) is 48.0 Å². The molecule has 0 aliphatic carbocycles. The Hall–Kier alpha value is -3.44. The number of Topliss-reactive ketones (excluding diaryl/α,β-unsaturated/α-hetero) is 1. The van der Waals surface area contributed by atoms with Crippen LogP contribution in [0.1, 0.15) is 23.2 Å². The van der Waals surface area contributed by atoms with Gasteiger partial charge in [0.25, 0.3) is 5.91 Å². The summed E-state index contributed by atoms with van der Waals surface area (Å²) in [4.78, 5) is 36.5. The van der Waals surface area contributed by atoms with Crippen LogP contribution in [-0.4, -0.2) is 63.8 Å². The van der Waals surface area contributed by atoms with Gasteiger partial charge in [-0.2, -0.15) is 4.31 Å². The number of hydrogen-bond donors (Lipinski definition) is 1. The van der Waals surface area contributed by atoms with Crippen molar-refractivity contribution in [2.45, 2.75) is 17.7 Å². The first kappa shape index (κ1) is 23.7. The van der Waals surface area contributed by atoms with Crippen LogP contribution in [0.3, 0.4) is 0 Å². The van der Waals surface area contributed by atoms with Gasteiger partial charge in [0.1, 0.15) is 11.5 Å². The van der Waals surface area contributed by atoms with Gasteiger partial charge in [0.05, 0.1) is 23.6 Å². The topological polar surface area (TPSA) is 128 Å². The molecule has 0 unspecified atom stereocenters. The van der Waals surface area contributed by atoms with Crippen molar-refractivity contribution in [3.63, 3.8) is 0 Å². The molecule has 1 amide bonds. The fraction of sp³-hybridized carbons (Fsp3) is 0.348. The van der Waals surface area contributed by atoms with E-state index >= 15 is 0 Å². The second-order valence-corrected chi connectivity index (χ2v) is 9.87. The summed E-state index contributed by atoms with van der Waals surface area (Å²) in [6, 6.07) is 10.7. The van der Waals surface area contributed by atoms with Crippen LogP contribution in [0.4, 0.5) is 5.69 Å². The molecule has 180 valence electrons. The third kappa shape index (κ3) is 5.05. The molecule has 1 N–H and O–H groups in total. The zero-order valence-corrected chi connectivity index (χ0v) is 19.3. The lowest BCUT2D eigenvalue weighted by Crippen LogP contribution is -2.40. The van der Waals surface area contributed by atoms with Crippen molar-refractivity contribution in [2.75, 3.05) is 38.7 Å². The molecule has 4 rings (SSSR count). The van der Waals surface area contributed by atoms with E-state index in [4.69, 9.17) is 14.2 Å². The van der Waals surface area contributed by atoms with E-state index in [0.29, 0.717) is 30.0 Å². The fourth-order valence-corrected chi connectivity index (χ4v) is 5.29. The average Bonchev–Trinajstić information content (AvgIpc) is 2.86. The SMILES string of the molecule is COc1ccc(S(=O)(=O)N2CCC(C(=O)OCC(=O)c3ccc4c(c3)NC(=O)CO4)CC2)cc1. The largest absolute Gasteiger partial charge is 0.497 e. The molecule has 0 aromatic heterocycles. The Morgan fingerprint density at radius 1 is 1.12 bits per heavy atom. The number of ether oxygens (including phenoxy) is 3. The van der Waals surface area contributed by atoms with Crippen molar-refractivity contribution in [2.24, 2.45) is 5.92 Å². The maximum absolute atomic E-state index is 12.8. The lowest BCUT2D eigenvalue weighted by atomic mass is 9.98. The van der Waals surface area contributed by atoms with Crippen molar-refractivity contribution in [1.82, 2.24) is 4.31 Å². The molecule has 0 atom stereocenters. The molecule has 0 bridgehead atoms. The molecule has 11 heteroatoms. The quantitative estimate of drug-likeness (QED) is 0.462. The third-order valence-electron chi connectivity index (χ3n) is 5.76. The van der Waals surface area contributed by atoms with Crippen LogP contribution < -0.4 is 14.8 Å². The molecule has 0 saturated carbocycles. The van der Waals surface area contributed by atoms with Gasteiger partial charge in [0.2, 0.25) is 10.0 Å². The van der Waals surface area contributed by atoms with Crippen molar-refractivity contribution < 1.29 is 37.0 Å². The number of sulfonamides is 1. The number of esters is 1. The molecule has 2 aliphatic rings. The van der Waals surface area contributed by atoms with E-state index in [1.165, 1.54) is 35.7 Å². The Labute approximate surface area is 196 Å². The van der Waals surface area contributed by atoms with Crippen molar-refractivity contribution >= 4 is 33.4 Å². The molecule has 0 radical (unpaired) electrons. The van der Waals surface area contributed by atoms with E-state index in [0.717, 1.165) is 0 Å². The van der Waals surface area contributed by atoms with Gasteiger partial charge >= 0.3 is 5.97 Å². The van der Waals surface area contributed by atoms with Crippen LogP contribution in [-0.2, 0) is 24.3 Å². The van der Waals surface area contributed by atoms with Gasteiger partial charge in [0.15, 0.2) is 19.0 Å². The number of anilines is 1. The van der Waals surface area contributed by atoms with Gasteiger partial charge < -0.3 is 19.5 Å². The lowest BCUT2D eigenvalue weighted by molar-refractivity contribution is -0.148. The number of methoxy groups -OCH3 is 1. The van der Waals surface area contributed by atoms with Gasteiger partial charge in [-0.3, -0.25) is 14.4 Å². The van der Waals surface area contributed by atoms with Crippen LogP contribution in [0.25, 0.3) is 0 Å². The molecule has 10 nitrogen and oxygen atoms in total. The van der Waals surface area contributed by atoms with E-state index < -0.39 is 34.3 Å². The number of hydrogen-bond acceptors (Lipinski definition) is 8. The second kappa shape index (κ2) is 9.82. The third-order valence-corrected chi connectivity index (χ3v) is 7.68. The van der Waals surface area contributed by atoms with Gasteiger partial charge in [0, 0.05) is 18.7 Å². The molecule has 0 spiro atoms. The monoisotopic (exact) mass is 488 g/mol. The number of amides is 1. The van der Waals surface area contributed by atoms with E-state index in [9.17, 15) is 22.8 Å². The molecule has 2 aliphatic heterocycles. The first-order valence-electron chi connectivity index (χ1n) is 10.7. The Morgan fingerprint density at radius 3 is 2.50 bits per heavy atom. The van der Waals surface area contributed by atoms with E-state index in [-0.39, 0.29) is 36.1 Å². The minimum Gasteiger partial charge on any atom is -0.497 e. The van der Waals surface area contributed by atoms with E-state index in [1.807, 2.05) is 0 Å². The van der Waals surface area contributed by atoms with E-state index in [2.05, 4.69) is 5.32 Å². The van der Waals surface area contributed by atoms with Gasteiger partial charge in [-0.05, 0) is 55.3 Å². The number of nitrogens with zero attached hydrogens (tertiary/aromatic N) is 1. The standard InChI is InChI=1S/C23H24N2O8S/c1-31-17-3-5-18(6-4-17)34(29,30)25-10-8-15(9-11-25)23(28)33-13-20(26)16-2-7-21-19(12-16)24-22(27)14-32-21/h2-7,12,15H,8-11,13-14H2,1H3,(H,24,27). The fourth-order valence-electron chi connectivity index (χ4n) is 3.82. The highest BCUT2D eigenvalue weighted by Crippen LogP contribution is 2.29. The van der Waals surface area contributed by atoms with E-state index in [1.54, 1.807) is 18.2 Å². The summed E-state index contributed by atoms with van der Waals surface area (Å²) >= 11 is 0. The molecule has 2 aromatic rings. The smallest absolute Gasteiger partial charge is 0.309 e. The zero-order valence-electron chi connectivity index (χ0n) is 18.5. The summed E-state index contributed by atoms with van der Waals surface area (Å²) in [5.41, 5.74) is 0.664. The summed E-state index contributed by atoms with van der Waals surface area (Å²) in [7, 11) is -2.18. The highest BCUT2D eigenvalue weighted by atomic mass is 32.2. The highest BCUT2D eigenvalue weighted by molar-refractivity contribution is 7.89. The molecule has 1 saturated heterocycles. The summed E-state index contributed by atoms with van der Waals surface area (Å²) < 4.78 is 42.6. The minimum atomic E-state index is -3.68. The zero-order chi connectivity index (χ0) is 24.3. The molecule has 2 heterocycles. The number of piperidine rings is 1. The number of carbonyl (C=O) groups excluding carboxylic acids is 3. The Kier molecular flexibility index (Phi) is 6.85. The number of rotatable bonds is 7. The molecule has 1 fully saturated rings. The summed E-state index contributed by atoms with van der Waals surface area (Å²) in [5.74, 6) is -0.747. The Balaban J connectivity index is 1.29. The van der Waals surface area contributed by atoms with Crippen LogP contribution in [0.15, 0.2) is 47.4 Å². The summed E-state index contributed by atoms with van der Waals surface area (Å²) in [6.45, 7) is -0.186. The molecular weight excluding hydrogens is 464 g/mol. The predicted molar refractivity (Wildman–Crippen MR) is 120 cm³/mol.